The molecule has 0 N–H and O–H groups in total. The van der Waals surface area contributed by atoms with Crippen LogP contribution in [0.2, 0.25) is 0 Å². The highest BCUT2D eigenvalue weighted by molar-refractivity contribution is 5.80. The fourth-order valence-electron chi connectivity index (χ4n) is 2.07. The third-order valence-electron chi connectivity index (χ3n) is 3.09. The van der Waals surface area contributed by atoms with Crippen LogP contribution in [0.15, 0.2) is 18.2 Å². The van der Waals surface area contributed by atoms with E-state index in [1.165, 1.54) is 0 Å². The number of rotatable bonds is 5. The van der Waals surface area contributed by atoms with E-state index in [0.717, 1.165) is 19.1 Å². The summed E-state index contributed by atoms with van der Waals surface area (Å²) in [6.07, 6.45) is 3.28. The molecule has 0 aliphatic carbocycles. The van der Waals surface area contributed by atoms with E-state index in [0.29, 0.717) is 29.8 Å². The lowest BCUT2D eigenvalue weighted by molar-refractivity contribution is 0.0263. The minimum Gasteiger partial charge on any atom is -0.497 e. The van der Waals surface area contributed by atoms with Crippen LogP contribution in [0.3, 0.4) is 0 Å². The Balaban J connectivity index is 1.98. The van der Waals surface area contributed by atoms with Crippen molar-refractivity contribution < 1.29 is 19.0 Å². The molecule has 1 aromatic rings. The molecule has 0 aromatic heterocycles. The standard InChI is InChI=1S/C14H18O4/c1-10-3-4-13(18-10)9-17-14-6-5-12(16-2)7-11(14)8-15/h5-8,10,13H,3-4,9H2,1-2H3. The lowest BCUT2D eigenvalue weighted by atomic mass is 10.2. The Morgan fingerprint density at radius 1 is 1.44 bits per heavy atom. The Hall–Kier alpha value is -1.55. The van der Waals surface area contributed by atoms with Crippen molar-refractivity contribution in [1.82, 2.24) is 0 Å². The van der Waals surface area contributed by atoms with E-state index >= 15 is 0 Å². The molecule has 4 nitrogen and oxygen atoms in total. The van der Waals surface area contributed by atoms with Crippen LogP contribution in [-0.4, -0.2) is 32.2 Å². The van der Waals surface area contributed by atoms with Crippen molar-refractivity contribution in [1.29, 1.82) is 0 Å². The van der Waals surface area contributed by atoms with Crippen molar-refractivity contribution in [3.05, 3.63) is 23.8 Å². The maximum atomic E-state index is 11.0. The monoisotopic (exact) mass is 250 g/mol. The van der Waals surface area contributed by atoms with Crippen LogP contribution >= 0.6 is 0 Å². The first-order valence-electron chi connectivity index (χ1n) is 6.14. The van der Waals surface area contributed by atoms with Crippen molar-refractivity contribution in [2.75, 3.05) is 13.7 Å². The van der Waals surface area contributed by atoms with E-state index in [1.54, 1.807) is 25.3 Å². The third kappa shape index (κ3) is 3.01. The van der Waals surface area contributed by atoms with Crippen LogP contribution in [-0.2, 0) is 4.74 Å². The average Bonchev–Trinajstić information content (AvgIpc) is 2.82. The number of hydrogen-bond donors (Lipinski definition) is 0. The molecule has 0 amide bonds. The number of hydrogen-bond acceptors (Lipinski definition) is 4. The van der Waals surface area contributed by atoms with Gasteiger partial charge in [-0.05, 0) is 38.0 Å². The van der Waals surface area contributed by atoms with Gasteiger partial charge in [0.15, 0.2) is 6.29 Å². The molecule has 18 heavy (non-hydrogen) atoms. The minimum absolute atomic E-state index is 0.126. The smallest absolute Gasteiger partial charge is 0.153 e. The summed E-state index contributed by atoms with van der Waals surface area (Å²) in [6.45, 7) is 2.54. The van der Waals surface area contributed by atoms with Crippen molar-refractivity contribution in [2.45, 2.75) is 32.0 Å². The Morgan fingerprint density at radius 3 is 2.89 bits per heavy atom. The summed E-state index contributed by atoms with van der Waals surface area (Å²) in [4.78, 5) is 11.0. The van der Waals surface area contributed by atoms with Crippen LogP contribution in [0.1, 0.15) is 30.1 Å². The van der Waals surface area contributed by atoms with Gasteiger partial charge in [0, 0.05) is 0 Å². The molecule has 1 saturated heterocycles. The van der Waals surface area contributed by atoms with Crippen molar-refractivity contribution in [2.24, 2.45) is 0 Å². The minimum atomic E-state index is 0.126. The fraction of sp³-hybridized carbons (Fsp3) is 0.500. The van der Waals surface area contributed by atoms with Gasteiger partial charge in [-0.1, -0.05) is 0 Å². The number of benzene rings is 1. The molecule has 0 bridgehead atoms. The topological polar surface area (TPSA) is 44.8 Å². The van der Waals surface area contributed by atoms with Crippen LogP contribution in [0.25, 0.3) is 0 Å². The molecule has 1 aliphatic heterocycles. The summed E-state index contributed by atoms with van der Waals surface area (Å²) in [6, 6.07) is 5.20. The van der Waals surface area contributed by atoms with Crippen molar-refractivity contribution >= 4 is 6.29 Å². The molecule has 0 spiro atoms. The molecule has 1 fully saturated rings. The fourth-order valence-corrected chi connectivity index (χ4v) is 2.07. The summed E-state index contributed by atoms with van der Waals surface area (Å²) in [5.74, 6) is 1.23. The van der Waals surface area contributed by atoms with E-state index in [9.17, 15) is 4.79 Å². The zero-order valence-electron chi connectivity index (χ0n) is 10.7. The first-order chi connectivity index (χ1) is 8.72. The highest BCUT2D eigenvalue weighted by Crippen LogP contribution is 2.25. The molecule has 4 heteroatoms. The first kappa shape index (κ1) is 12.9. The zero-order valence-corrected chi connectivity index (χ0v) is 10.7. The van der Waals surface area contributed by atoms with Gasteiger partial charge < -0.3 is 14.2 Å². The molecule has 0 saturated carbocycles. The average molecular weight is 250 g/mol. The molecular weight excluding hydrogens is 232 g/mol. The molecule has 98 valence electrons. The maximum absolute atomic E-state index is 11.0. The summed E-state index contributed by atoms with van der Waals surface area (Å²) in [5.41, 5.74) is 0.500. The Morgan fingerprint density at radius 2 is 2.28 bits per heavy atom. The van der Waals surface area contributed by atoms with Crippen molar-refractivity contribution in [3.63, 3.8) is 0 Å². The SMILES string of the molecule is COc1ccc(OCC2CCC(C)O2)c(C=O)c1. The van der Waals surface area contributed by atoms with Gasteiger partial charge in [-0.3, -0.25) is 4.79 Å². The van der Waals surface area contributed by atoms with Gasteiger partial charge in [0.1, 0.15) is 18.1 Å². The summed E-state index contributed by atoms with van der Waals surface area (Å²) in [7, 11) is 1.57. The summed E-state index contributed by atoms with van der Waals surface area (Å²) < 4.78 is 16.4. The number of ether oxygens (including phenoxy) is 3. The molecule has 1 heterocycles. The largest absolute Gasteiger partial charge is 0.497 e. The second-order valence-corrected chi connectivity index (χ2v) is 4.48. The molecule has 1 aromatic carbocycles. The molecule has 0 radical (unpaired) electrons. The quantitative estimate of drug-likeness (QED) is 0.753. The van der Waals surface area contributed by atoms with Gasteiger partial charge in [-0.2, -0.15) is 0 Å². The van der Waals surface area contributed by atoms with Gasteiger partial charge in [-0.15, -0.1) is 0 Å². The Kier molecular flexibility index (Phi) is 4.20. The molecule has 2 unspecified atom stereocenters. The van der Waals surface area contributed by atoms with Gasteiger partial charge in [-0.25, -0.2) is 0 Å². The molecular formula is C14H18O4. The molecule has 1 aliphatic rings. The lowest BCUT2D eigenvalue weighted by Crippen LogP contribution is -2.18. The van der Waals surface area contributed by atoms with Crippen LogP contribution in [0.5, 0.6) is 11.5 Å². The van der Waals surface area contributed by atoms with E-state index in [4.69, 9.17) is 14.2 Å². The van der Waals surface area contributed by atoms with Crippen LogP contribution in [0.4, 0.5) is 0 Å². The molecule has 2 rings (SSSR count). The van der Waals surface area contributed by atoms with Gasteiger partial charge in [0.2, 0.25) is 0 Å². The molecule has 2 atom stereocenters. The maximum Gasteiger partial charge on any atom is 0.153 e. The first-order valence-corrected chi connectivity index (χ1v) is 6.14. The second-order valence-electron chi connectivity index (χ2n) is 4.48. The summed E-state index contributed by atoms with van der Waals surface area (Å²) >= 11 is 0. The van der Waals surface area contributed by atoms with E-state index in [1.807, 2.05) is 0 Å². The zero-order chi connectivity index (χ0) is 13.0. The normalized spacial score (nSPS) is 22.8. The summed E-state index contributed by atoms with van der Waals surface area (Å²) in [5, 5.41) is 0. The van der Waals surface area contributed by atoms with Crippen LogP contribution in [0, 0.1) is 0 Å². The highest BCUT2D eigenvalue weighted by atomic mass is 16.5. The Labute approximate surface area is 107 Å². The van der Waals surface area contributed by atoms with E-state index < -0.39 is 0 Å². The number of carbonyl (C=O) groups excluding carboxylic acids is 1. The number of aldehydes is 1. The van der Waals surface area contributed by atoms with Gasteiger partial charge in [0.05, 0.1) is 24.9 Å². The lowest BCUT2D eigenvalue weighted by Gasteiger charge is -2.14. The predicted octanol–water partition coefficient (Wildman–Crippen LogP) is 2.45. The number of carbonyl (C=O) groups is 1. The van der Waals surface area contributed by atoms with Crippen molar-refractivity contribution in [3.8, 4) is 11.5 Å². The Bertz CT molecular complexity index is 416. The highest BCUT2D eigenvalue weighted by Gasteiger charge is 2.22. The van der Waals surface area contributed by atoms with Crippen LogP contribution < -0.4 is 9.47 Å². The third-order valence-corrected chi connectivity index (χ3v) is 3.09. The van der Waals surface area contributed by atoms with E-state index in [2.05, 4.69) is 6.92 Å². The van der Waals surface area contributed by atoms with Gasteiger partial charge >= 0.3 is 0 Å². The predicted molar refractivity (Wildman–Crippen MR) is 67.4 cm³/mol. The second kappa shape index (κ2) is 5.87. The van der Waals surface area contributed by atoms with E-state index in [-0.39, 0.29) is 6.10 Å². The van der Waals surface area contributed by atoms with Gasteiger partial charge in [0.25, 0.3) is 0 Å². The number of methoxy groups -OCH3 is 1.